The third kappa shape index (κ3) is 7.75. The summed E-state index contributed by atoms with van der Waals surface area (Å²) in [7, 11) is 0. The molecule has 180 valence electrons. The summed E-state index contributed by atoms with van der Waals surface area (Å²) in [4.78, 5) is 46.8. The summed E-state index contributed by atoms with van der Waals surface area (Å²) in [6.45, 7) is 4.27. The van der Waals surface area contributed by atoms with E-state index in [0.29, 0.717) is 5.56 Å². The van der Waals surface area contributed by atoms with Crippen molar-refractivity contribution in [3.05, 3.63) is 35.9 Å². The van der Waals surface area contributed by atoms with Gasteiger partial charge >= 0.3 is 23.9 Å². The Balaban J connectivity index is 2.47. The fourth-order valence-corrected chi connectivity index (χ4v) is 4.21. The number of ether oxygens (including phenoxy) is 5. The van der Waals surface area contributed by atoms with Crippen LogP contribution in [0.3, 0.4) is 0 Å². The maximum atomic E-state index is 11.9. The van der Waals surface area contributed by atoms with Gasteiger partial charge in [-0.05, 0) is 0 Å². The Kier molecular flexibility index (Phi) is 9.67. The van der Waals surface area contributed by atoms with Crippen molar-refractivity contribution in [2.45, 2.75) is 57.5 Å². The molecule has 0 bridgehead atoms. The number of oxime groups is 1. The van der Waals surface area contributed by atoms with E-state index < -0.39 is 53.7 Å². The van der Waals surface area contributed by atoms with Crippen LogP contribution >= 0.6 is 11.8 Å². The predicted octanol–water partition coefficient (Wildman–Crippen LogP) is 1.64. The molecule has 0 spiro atoms. The molecule has 1 aromatic rings. The van der Waals surface area contributed by atoms with E-state index in [1.54, 1.807) is 30.3 Å². The van der Waals surface area contributed by atoms with Gasteiger partial charge in [-0.15, -0.1) is 0 Å². The summed E-state index contributed by atoms with van der Waals surface area (Å²) in [5.41, 5.74) is -0.547. The van der Waals surface area contributed by atoms with Crippen molar-refractivity contribution < 1.29 is 48.1 Å². The molecule has 1 aromatic carbocycles. The van der Waals surface area contributed by atoms with Crippen LogP contribution in [0, 0.1) is 0 Å². The number of carbonyl (C=O) groups is 4. The fourth-order valence-electron chi connectivity index (χ4n) is 3.12. The smallest absolute Gasteiger partial charge is 0.303 e. The van der Waals surface area contributed by atoms with Crippen molar-refractivity contribution in [2.75, 3.05) is 6.61 Å². The van der Waals surface area contributed by atoms with Crippen molar-refractivity contribution in [1.82, 2.24) is 0 Å². The summed E-state index contributed by atoms with van der Waals surface area (Å²) < 4.78 is 27.1. The highest BCUT2D eigenvalue weighted by Gasteiger charge is 2.52. The lowest BCUT2D eigenvalue weighted by Gasteiger charge is -2.44. The summed E-state index contributed by atoms with van der Waals surface area (Å²) in [6.07, 6.45) is -4.88. The summed E-state index contributed by atoms with van der Waals surface area (Å²) in [6, 6.07) is 8.61. The fraction of sp³-hybridized carbons (Fsp3) is 0.476. The third-order valence-corrected chi connectivity index (χ3v) is 5.44. The van der Waals surface area contributed by atoms with Crippen molar-refractivity contribution >= 4 is 40.7 Å². The second-order valence-corrected chi connectivity index (χ2v) is 8.04. The second kappa shape index (κ2) is 12.2. The van der Waals surface area contributed by atoms with E-state index in [4.69, 9.17) is 23.7 Å². The molecule has 1 aliphatic rings. The monoisotopic (exact) mass is 483 g/mol. The van der Waals surface area contributed by atoms with Crippen LogP contribution in [0.5, 0.6) is 0 Å². The van der Waals surface area contributed by atoms with E-state index in [9.17, 15) is 24.4 Å². The molecule has 33 heavy (non-hydrogen) atoms. The maximum absolute atomic E-state index is 11.9. The Morgan fingerprint density at radius 3 is 1.94 bits per heavy atom. The van der Waals surface area contributed by atoms with Crippen molar-refractivity contribution in [2.24, 2.45) is 5.16 Å². The van der Waals surface area contributed by atoms with Crippen LogP contribution in [0.2, 0.25) is 0 Å². The SMILES string of the molecule is CC(=O)OCC1O[C@@H](S/C(=N\O)c2ccccc2)C(OC(C)=O)C(OC(C)=O)[C@@H]1OC(C)=O. The Labute approximate surface area is 194 Å². The summed E-state index contributed by atoms with van der Waals surface area (Å²) in [5.74, 6) is -2.78. The number of carbonyl (C=O) groups excluding carboxylic acids is 4. The molecular formula is C21H25NO10S. The molecule has 0 saturated carbocycles. The van der Waals surface area contributed by atoms with Crippen molar-refractivity contribution in [3.8, 4) is 0 Å². The molecule has 12 heteroatoms. The largest absolute Gasteiger partial charge is 0.463 e. The zero-order valence-electron chi connectivity index (χ0n) is 18.5. The van der Waals surface area contributed by atoms with E-state index in [1.807, 2.05) is 0 Å². The number of thioether (sulfide) groups is 1. The molecule has 11 nitrogen and oxygen atoms in total. The summed E-state index contributed by atoms with van der Waals surface area (Å²) in [5, 5.41) is 13.0. The van der Waals surface area contributed by atoms with Gasteiger partial charge in [-0.25, -0.2) is 0 Å². The lowest BCUT2D eigenvalue weighted by atomic mass is 9.99. The van der Waals surface area contributed by atoms with E-state index in [1.165, 1.54) is 6.92 Å². The Morgan fingerprint density at radius 2 is 1.42 bits per heavy atom. The topological polar surface area (TPSA) is 147 Å². The highest BCUT2D eigenvalue weighted by atomic mass is 32.2. The van der Waals surface area contributed by atoms with Gasteiger partial charge in [-0.2, -0.15) is 0 Å². The van der Waals surface area contributed by atoms with Gasteiger partial charge in [0.15, 0.2) is 23.7 Å². The van der Waals surface area contributed by atoms with Crippen LogP contribution in [0.15, 0.2) is 35.5 Å². The van der Waals surface area contributed by atoms with Crippen LogP contribution in [0.1, 0.15) is 33.3 Å². The van der Waals surface area contributed by atoms with Crippen LogP contribution in [0.25, 0.3) is 0 Å². The number of esters is 4. The Hall–Kier alpha value is -3.12. The molecular weight excluding hydrogens is 458 g/mol. The molecule has 2 rings (SSSR count). The Morgan fingerprint density at radius 1 is 0.879 bits per heavy atom. The van der Waals surface area contributed by atoms with Gasteiger partial charge in [-0.3, -0.25) is 19.2 Å². The molecule has 1 heterocycles. The first-order valence-electron chi connectivity index (χ1n) is 9.87. The van der Waals surface area contributed by atoms with Gasteiger partial charge in [0.1, 0.15) is 17.8 Å². The predicted molar refractivity (Wildman–Crippen MR) is 114 cm³/mol. The van der Waals surface area contributed by atoms with E-state index >= 15 is 0 Å². The average molecular weight is 483 g/mol. The first kappa shape index (κ1) is 26.1. The van der Waals surface area contributed by atoms with Gasteiger partial charge in [-0.1, -0.05) is 47.2 Å². The Bertz CT molecular complexity index is 890. The number of rotatable bonds is 7. The standard InChI is InChI=1S/C21H25NO10S/c1-11(23)28-10-16-17(29-12(2)24)18(30-13(3)25)19(31-14(4)26)21(32-16)33-20(22-27)15-8-6-5-7-9-15/h5-9,16-19,21,27H,10H2,1-4H3/b22-20-/t16?,17-,18?,19?,21+/m1/s1. The molecule has 0 aliphatic carbocycles. The van der Waals surface area contributed by atoms with Crippen LogP contribution in [0.4, 0.5) is 0 Å². The second-order valence-electron chi connectivity index (χ2n) is 6.96. The first-order chi connectivity index (χ1) is 15.6. The first-order valence-corrected chi connectivity index (χ1v) is 10.7. The van der Waals surface area contributed by atoms with Crippen molar-refractivity contribution in [3.63, 3.8) is 0 Å². The number of hydrogen-bond acceptors (Lipinski definition) is 12. The van der Waals surface area contributed by atoms with Gasteiger partial charge in [0.25, 0.3) is 0 Å². The molecule has 1 aliphatic heterocycles. The molecule has 0 radical (unpaired) electrons. The molecule has 1 N–H and O–H groups in total. The summed E-state index contributed by atoms with van der Waals surface area (Å²) >= 11 is 0.887. The highest BCUT2D eigenvalue weighted by molar-refractivity contribution is 8.14. The average Bonchev–Trinajstić information content (AvgIpc) is 2.74. The van der Waals surface area contributed by atoms with Gasteiger partial charge < -0.3 is 28.9 Å². The number of benzene rings is 1. The van der Waals surface area contributed by atoms with Crippen LogP contribution in [-0.4, -0.2) is 70.6 Å². The van der Waals surface area contributed by atoms with E-state index in [2.05, 4.69) is 5.16 Å². The minimum atomic E-state index is -1.29. The minimum absolute atomic E-state index is 0.122. The van der Waals surface area contributed by atoms with Gasteiger partial charge in [0.2, 0.25) is 0 Å². The lowest BCUT2D eigenvalue weighted by molar-refractivity contribution is -0.237. The van der Waals surface area contributed by atoms with Gasteiger partial charge in [0, 0.05) is 33.3 Å². The molecule has 0 amide bonds. The number of nitrogens with zero attached hydrogens (tertiary/aromatic N) is 1. The minimum Gasteiger partial charge on any atom is -0.463 e. The lowest BCUT2D eigenvalue weighted by Crippen LogP contribution is -2.61. The third-order valence-electron chi connectivity index (χ3n) is 4.29. The maximum Gasteiger partial charge on any atom is 0.303 e. The molecule has 5 atom stereocenters. The van der Waals surface area contributed by atoms with E-state index in [0.717, 1.165) is 32.5 Å². The quantitative estimate of drug-likeness (QED) is 0.151. The number of hydrogen-bond donors (Lipinski definition) is 1. The van der Waals surface area contributed by atoms with E-state index in [-0.39, 0.29) is 11.7 Å². The van der Waals surface area contributed by atoms with Gasteiger partial charge in [0.05, 0.1) is 0 Å². The molecule has 3 unspecified atom stereocenters. The highest BCUT2D eigenvalue weighted by Crippen LogP contribution is 2.36. The van der Waals surface area contributed by atoms with Crippen LogP contribution < -0.4 is 0 Å². The molecule has 1 fully saturated rings. The zero-order valence-corrected chi connectivity index (χ0v) is 19.3. The van der Waals surface area contributed by atoms with Crippen molar-refractivity contribution in [1.29, 1.82) is 0 Å². The molecule has 0 aromatic heterocycles. The molecule has 1 saturated heterocycles. The van der Waals surface area contributed by atoms with Crippen LogP contribution in [-0.2, 0) is 42.9 Å². The zero-order chi connectivity index (χ0) is 24.5. The normalized spacial score (nSPS) is 25.0.